The predicted molar refractivity (Wildman–Crippen MR) is 96.2 cm³/mol. The maximum atomic E-state index is 13.0. The van der Waals surface area contributed by atoms with E-state index in [1.165, 1.54) is 18.2 Å². The molecule has 1 fully saturated rings. The van der Waals surface area contributed by atoms with E-state index in [4.69, 9.17) is 0 Å². The van der Waals surface area contributed by atoms with E-state index in [2.05, 4.69) is 5.32 Å². The first kappa shape index (κ1) is 20.8. The molecule has 0 amide bonds. The molecule has 0 spiro atoms. The molecule has 0 radical (unpaired) electrons. The average Bonchev–Trinajstić information content (AvgIpc) is 2.89. The van der Waals surface area contributed by atoms with E-state index < -0.39 is 37.9 Å². The molecular formula is C16H24N2O6S2. The molecule has 2 N–H and O–H groups in total. The van der Waals surface area contributed by atoms with E-state index in [0.29, 0.717) is 6.42 Å². The Morgan fingerprint density at radius 1 is 1.19 bits per heavy atom. The van der Waals surface area contributed by atoms with Crippen LogP contribution in [0.4, 0.5) is 0 Å². The van der Waals surface area contributed by atoms with Crippen LogP contribution in [-0.4, -0.2) is 62.6 Å². The van der Waals surface area contributed by atoms with Gasteiger partial charge < -0.3 is 10.4 Å². The summed E-state index contributed by atoms with van der Waals surface area (Å²) in [6.45, 7) is 5.66. The van der Waals surface area contributed by atoms with E-state index in [1.807, 2.05) is 20.8 Å². The van der Waals surface area contributed by atoms with E-state index in [1.54, 1.807) is 0 Å². The van der Waals surface area contributed by atoms with Crippen molar-refractivity contribution in [3.8, 4) is 0 Å². The molecule has 26 heavy (non-hydrogen) atoms. The quantitative estimate of drug-likeness (QED) is 0.741. The first-order chi connectivity index (χ1) is 11.7. The number of rotatable bonds is 5. The van der Waals surface area contributed by atoms with Crippen LogP contribution in [0.25, 0.3) is 0 Å². The summed E-state index contributed by atoms with van der Waals surface area (Å²) < 4.78 is 50.3. The van der Waals surface area contributed by atoms with Gasteiger partial charge in [0.2, 0.25) is 10.0 Å². The van der Waals surface area contributed by atoms with Crippen LogP contribution in [0.15, 0.2) is 34.1 Å². The molecule has 1 unspecified atom stereocenters. The third kappa shape index (κ3) is 4.43. The lowest BCUT2D eigenvalue weighted by Crippen LogP contribution is -2.54. The Hall–Kier alpha value is -1.49. The number of carboxylic acid groups (broad SMARTS) is 1. The van der Waals surface area contributed by atoms with Crippen molar-refractivity contribution in [2.75, 3.05) is 12.8 Å². The minimum absolute atomic E-state index is 0.0378. The highest BCUT2D eigenvalue weighted by Gasteiger charge is 2.46. The molecule has 2 rings (SSSR count). The second-order valence-corrected chi connectivity index (χ2v) is 11.3. The van der Waals surface area contributed by atoms with Gasteiger partial charge in [0.1, 0.15) is 6.04 Å². The van der Waals surface area contributed by atoms with Crippen LogP contribution in [-0.2, 0) is 24.7 Å². The van der Waals surface area contributed by atoms with Gasteiger partial charge in [0.25, 0.3) is 0 Å². The maximum absolute atomic E-state index is 13.0. The Morgan fingerprint density at radius 2 is 1.77 bits per heavy atom. The van der Waals surface area contributed by atoms with Gasteiger partial charge in [-0.3, -0.25) is 4.79 Å². The highest BCUT2D eigenvalue weighted by molar-refractivity contribution is 7.91. The van der Waals surface area contributed by atoms with E-state index in [-0.39, 0.29) is 21.9 Å². The molecule has 2 atom stereocenters. The largest absolute Gasteiger partial charge is 0.480 e. The minimum Gasteiger partial charge on any atom is -0.480 e. The highest BCUT2D eigenvalue weighted by Crippen LogP contribution is 2.29. The van der Waals surface area contributed by atoms with E-state index in [0.717, 1.165) is 16.6 Å². The normalized spacial score (nSPS) is 22.5. The number of nitrogens with zero attached hydrogens (tertiary/aromatic N) is 1. The van der Waals surface area contributed by atoms with Crippen molar-refractivity contribution >= 4 is 25.8 Å². The summed E-state index contributed by atoms with van der Waals surface area (Å²) in [5.74, 6) is -1.24. The van der Waals surface area contributed by atoms with Gasteiger partial charge in [0.15, 0.2) is 9.84 Å². The number of aliphatic carboxylic acids is 1. The molecule has 1 saturated heterocycles. The van der Waals surface area contributed by atoms with E-state index >= 15 is 0 Å². The van der Waals surface area contributed by atoms with Gasteiger partial charge in [-0.2, -0.15) is 4.31 Å². The lowest BCUT2D eigenvalue weighted by molar-refractivity contribution is -0.141. The number of benzene rings is 1. The van der Waals surface area contributed by atoms with Crippen LogP contribution < -0.4 is 5.32 Å². The second kappa shape index (κ2) is 6.91. The van der Waals surface area contributed by atoms with Crippen molar-refractivity contribution < 1.29 is 26.7 Å². The average molecular weight is 405 g/mol. The fourth-order valence-corrected chi connectivity index (χ4v) is 5.46. The summed E-state index contributed by atoms with van der Waals surface area (Å²) in [6, 6.07) is 3.17. The van der Waals surface area contributed by atoms with Gasteiger partial charge in [-0.25, -0.2) is 16.8 Å². The van der Waals surface area contributed by atoms with Crippen molar-refractivity contribution in [2.45, 2.75) is 54.6 Å². The Morgan fingerprint density at radius 3 is 2.27 bits per heavy atom. The standard InChI is InChI=1S/C16H24N2O6S2/c1-16(2,3)17-13-8-9-18(14(13)15(19)20)26(23,24)12-7-5-6-11(10-12)25(4,21)22/h5-7,10,13-14,17H,8-9H2,1-4H3,(H,19,20)/t13?,14-/m0/s1. The fraction of sp³-hybridized carbons (Fsp3) is 0.562. The molecule has 10 heteroatoms. The summed E-state index contributed by atoms with van der Waals surface area (Å²) in [6.07, 6.45) is 1.33. The predicted octanol–water partition coefficient (Wildman–Crippen LogP) is 0.694. The zero-order valence-electron chi connectivity index (χ0n) is 15.1. The zero-order chi connectivity index (χ0) is 19.9. The van der Waals surface area contributed by atoms with Crippen molar-refractivity contribution in [3.63, 3.8) is 0 Å². The highest BCUT2D eigenvalue weighted by atomic mass is 32.2. The summed E-state index contributed by atoms with van der Waals surface area (Å²) in [5, 5.41) is 12.8. The Kier molecular flexibility index (Phi) is 5.54. The van der Waals surface area contributed by atoms with Gasteiger partial charge in [0.05, 0.1) is 9.79 Å². The van der Waals surface area contributed by atoms with Gasteiger partial charge in [-0.15, -0.1) is 0 Å². The molecule has 0 saturated carbocycles. The fourth-order valence-electron chi connectivity index (χ4n) is 3.04. The summed E-state index contributed by atoms with van der Waals surface area (Å²) in [7, 11) is -7.74. The lowest BCUT2D eigenvalue weighted by atomic mass is 10.0. The topological polar surface area (TPSA) is 121 Å². The lowest BCUT2D eigenvalue weighted by Gasteiger charge is -2.30. The number of carbonyl (C=O) groups is 1. The third-order valence-electron chi connectivity index (χ3n) is 4.06. The monoisotopic (exact) mass is 404 g/mol. The molecule has 8 nitrogen and oxygen atoms in total. The maximum Gasteiger partial charge on any atom is 0.323 e. The Labute approximate surface area is 154 Å². The molecule has 0 aliphatic carbocycles. The minimum atomic E-state index is -4.16. The SMILES string of the molecule is CC(C)(C)NC1CCN(S(=O)(=O)c2cccc(S(C)(=O)=O)c2)[C@@H]1C(=O)O. The number of carboxylic acids is 1. The number of hydrogen-bond acceptors (Lipinski definition) is 6. The molecule has 1 heterocycles. The Balaban J connectivity index is 2.44. The van der Waals surface area contributed by atoms with E-state index in [9.17, 15) is 26.7 Å². The molecule has 1 aromatic rings. The van der Waals surface area contributed by atoms with Crippen LogP contribution in [0.2, 0.25) is 0 Å². The van der Waals surface area contributed by atoms with Crippen molar-refractivity contribution in [3.05, 3.63) is 24.3 Å². The van der Waals surface area contributed by atoms with Crippen molar-refractivity contribution in [2.24, 2.45) is 0 Å². The van der Waals surface area contributed by atoms with Crippen LogP contribution in [0.3, 0.4) is 0 Å². The zero-order valence-corrected chi connectivity index (χ0v) is 16.8. The van der Waals surface area contributed by atoms with Gasteiger partial charge in [-0.1, -0.05) is 6.07 Å². The molecule has 0 bridgehead atoms. The summed E-state index contributed by atoms with van der Waals surface area (Å²) in [4.78, 5) is 11.4. The number of hydrogen-bond donors (Lipinski definition) is 2. The van der Waals surface area contributed by atoms with Crippen molar-refractivity contribution in [1.82, 2.24) is 9.62 Å². The number of nitrogens with one attached hydrogen (secondary N) is 1. The summed E-state index contributed by atoms with van der Waals surface area (Å²) in [5.41, 5.74) is -0.381. The molecular weight excluding hydrogens is 380 g/mol. The first-order valence-corrected chi connectivity index (χ1v) is 11.4. The molecule has 146 valence electrons. The van der Waals surface area contributed by atoms with Gasteiger partial charge >= 0.3 is 5.97 Å². The van der Waals surface area contributed by atoms with Crippen LogP contribution in [0, 0.1) is 0 Å². The number of sulfonamides is 1. The van der Waals surface area contributed by atoms with Crippen LogP contribution in [0.5, 0.6) is 0 Å². The van der Waals surface area contributed by atoms with Crippen molar-refractivity contribution in [1.29, 1.82) is 0 Å². The Bertz CT molecular complexity index is 903. The molecule has 1 aliphatic heterocycles. The number of sulfone groups is 1. The van der Waals surface area contributed by atoms with Gasteiger partial charge in [-0.05, 0) is 45.4 Å². The van der Waals surface area contributed by atoms with Crippen LogP contribution >= 0.6 is 0 Å². The van der Waals surface area contributed by atoms with Crippen LogP contribution in [0.1, 0.15) is 27.2 Å². The summed E-state index contributed by atoms with van der Waals surface area (Å²) >= 11 is 0. The molecule has 1 aromatic carbocycles. The second-order valence-electron chi connectivity index (χ2n) is 7.44. The third-order valence-corrected chi connectivity index (χ3v) is 7.05. The smallest absolute Gasteiger partial charge is 0.323 e. The first-order valence-electron chi connectivity index (χ1n) is 8.06. The van der Waals surface area contributed by atoms with Gasteiger partial charge in [0, 0.05) is 24.4 Å². The molecule has 1 aliphatic rings. The molecule has 0 aromatic heterocycles.